The molecule has 0 saturated heterocycles. The van der Waals surface area contributed by atoms with Crippen molar-refractivity contribution in [3.05, 3.63) is 12.3 Å². The van der Waals surface area contributed by atoms with E-state index in [2.05, 4.69) is 11.2 Å². The van der Waals surface area contributed by atoms with Gasteiger partial charge in [0.2, 0.25) is 0 Å². The minimum atomic E-state index is -1.01. The van der Waals surface area contributed by atoms with Gasteiger partial charge in [-0.1, -0.05) is 6.58 Å². The van der Waals surface area contributed by atoms with E-state index in [1.807, 2.05) is 0 Å². The summed E-state index contributed by atoms with van der Waals surface area (Å²) in [5.41, 5.74) is -2.01. The molecule has 0 aliphatic heterocycles. The van der Waals surface area contributed by atoms with Crippen molar-refractivity contribution in [2.75, 3.05) is 0 Å². The summed E-state index contributed by atoms with van der Waals surface area (Å²) in [6.07, 6.45) is 0. The Morgan fingerprint density at radius 2 is 1.43 bits per heavy atom. The molecule has 0 aromatic carbocycles. The topological polar surface area (TPSA) is 69.9 Å². The Morgan fingerprint density at radius 3 is 1.43 bits per heavy atom. The smallest absolute Gasteiger partial charge is 0.541 e. The molecule has 4 nitrogen and oxygen atoms in total. The number of rotatable bonds is 3. The van der Waals surface area contributed by atoms with Gasteiger partial charge in [0, 0.05) is 0 Å². The van der Waals surface area contributed by atoms with Gasteiger partial charge < -0.3 is 19.9 Å². The van der Waals surface area contributed by atoms with Crippen LogP contribution in [0.4, 0.5) is 0 Å². The van der Waals surface area contributed by atoms with E-state index in [1.165, 1.54) is 0 Å². The monoisotopic (exact) mass is 203 g/mol. The predicted octanol–water partition coefficient (Wildman–Crippen LogP) is 0.591. The van der Waals surface area contributed by atoms with E-state index in [0.29, 0.717) is 13.4 Å². The lowest BCUT2D eigenvalue weighted by atomic mass is 9.90. The molecule has 1 radical (unpaired) electrons. The first-order chi connectivity index (χ1) is 6.02. The molecule has 3 N–H and O–H groups in total. The maximum absolute atomic E-state index is 9.10. The molecule has 5 heteroatoms. The highest BCUT2D eigenvalue weighted by molar-refractivity contribution is 6.16. The van der Waals surface area contributed by atoms with Crippen LogP contribution in [-0.2, 0) is 4.65 Å². The van der Waals surface area contributed by atoms with Gasteiger partial charge in [0.15, 0.2) is 0 Å². The van der Waals surface area contributed by atoms with Gasteiger partial charge in [-0.15, -0.1) is 0 Å². The fourth-order valence-corrected chi connectivity index (χ4v) is 0.0900. The van der Waals surface area contributed by atoms with Gasteiger partial charge in [0.05, 0.1) is 17.0 Å². The molecule has 0 aliphatic carbocycles. The van der Waals surface area contributed by atoms with E-state index in [9.17, 15) is 0 Å². The molecule has 0 aliphatic rings. The Balaban J connectivity index is 0. The van der Waals surface area contributed by atoms with Gasteiger partial charge in [-0.2, -0.15) is 0 Å². The van der Waals surface area contributed by atoms with Gasteiger partial charge in [-0.25, -0.2) is 0 Å². The molecule has 0 aromatic rings. The molecule has 0 aromatic heterocycles. The first-order valence-electron chi connectivity index (χ1n) is 4.25. The van der Waals surface area contributed by atoms with E-state index >= 15 is 0 Å². The number of aliphatic hydroxyl groups is 2. The van der Waals surface area contributed by atoms with Crippen molar-refractivity contribution < 1.29 is 19.9 Å². The van der Waals surface area contributed by atoms with Crippen LogP contribution in [0.5, 0.6) is 0 Å². The van der Waals surface area contributed by atoms with Crippen LogP contribution in [0.1, 0.15) is 34.6 Å². The maximum atomic E-state index is 9.10. The van der Waals surface area contributed by atoms with E-state index in [4.69, 9.17) is 15.2 Å². The molecular weight excluding hydrogens is 183 g/mol. The second kappa shape index (κ2) is 6.06. The third kappa shape index (κ3) is 9.57. The highest BCUT2D eigenvalue weighted by atomic mass is 16.5. The summed E-state index contributed by atoms with van der Waals surface area (Å²) in [6, 6.07) is 0. The van der Waals surface area contributed by atoms with Crippen molar-refractivity contribution in [3.8, 4) is 0 Å². The second-order valence-corrected chi connectivity index (χ2v) is 4.04. The molecule has 0 heterocycles. The van der Waals surface area contributed by atoms with Crippen LogP contribution in [0.25, 0.3) is 0 Å². The van der Waals surface area contributed by atoms with Crippen LogP contribution < -0.4 is 0 Å². The summed E-state index contributed by atoms with van der Waals surface area (Å²) in [7, 11) is 0.600. The van der Waals surface area contributed by atoms with Crippen molar-refractivity contribution in [1.29, 1.82) is 0 Å². The quantitative estimate of drug-likeness (QED) is 0.463. The highest BCUT2D eigenvalue weighted by Crippen LogP contribution is 2.19. The Hall–Kier alpha value is -0.515. The van der Waals surface area contributed by atoms with Crippen molar-refractivity contribution in [2.24, 2.45) is 0 Å². The van der Waals surface area contributed by atoms with Crippen LogP contribution in [0.3, 0.4) is 0 Å². The minimum Gasteiger partial charge on any atom is -0.541 e. The van der Waals surface area contributed by atoms with Gasteiger partial charge in [-0.3, -0.25) is 0 Å². The summed E-state index contributed by atoms with van der Waals surface area (Å²) in [5, 5.41) is 26.0. The zero-order chi connectivity index (χ0) is 12.0. The predicted molar refractivity (Wildman–Crippen MR) is 56.5 cm³/mol. The van der Waals surface area contributed by atoms with Gasteiger partial charge in [0.25, 0.3) is 0 Å². The van der Waals surface area contributed by atoms with Gasteiger partial charge >= 0.3 is 7.69 Å². The number of hydrogen-bond acceptors (Lipinski definition) is 4. The first kappa shape index (κ1) is 15.9. The third-order valence-corrected chi connectivity index (χ3v) is 1.75. The summed E-state index contributed by atoms with van der Waals surface area (Å²) in [6.45, 7) is 11.3. The molecule has 0 unspecified atom stereocenters. The summed E-state index contributed by atoms with van der Waals surface area (Å²) in [5.74, 6) is 0.484. The molecule has 0 bridgehead atoms. The minimum absolute atomic E-state index is 0.484. The molecule has 0 amide bonds. The largest absolute Gasteiger partial charge is 0.569 e. The van der Waals surface area contributed by atoms with Gasteiger partial charge in [0.1, 0.15) is 0 Å². The molecule has 0 rings (SSSR count). The molecule has 0 saturated carbocycles. The van der Waals surface area contributed by atoms with Crippen LogP contribution in [-0.4, -0.2) is 34.1 Å². The molecule has 0 spiro atoms. The van der Waals surface area contributed by atoms with E-state index in [-0.39, 0.29) is 0 Å². The molecule has 0 atom stereocenters. The van der Waals surface area contributed by atoms with Crippen molar-refractivity contribution in [1.82, 2.24) is 0 Å². The molecule has 83 valence electrons. The van der Waals surface area contributed by atoms with Crippen LogP contribution in [0, 0.1) is 0 Å². The molecular formula is C9H20BO4. The lowest BCUT2D eigenvalue weighted by Gasteiger charge is -2.31. The molecule has 14 heavy (non-hydrogen) atoms. The van der Waals surface area contributed by atoms with Crippen LogP contribution in [0.2, 0.25) is 0 Å². The van der Waals surface area contributed by atoms with Crippen LogP contribution in [0.15, 0.2) is 12.3 Å². The lowest BCUT2D eigenvalue weighted by Crippen LogP contribution is -2.44. The van der Waals surface area contributed by atoms with E-state index in [1.54, 1.807) is 34.6 Å². The Bertz CT molecular complexity index is 155. The lowest BCUT2D eigenvalue weighted by molar-refractivity contribution is -0.107. The third-order valence-electron chi connectivity index (χ3n) is 1.75. The molecule has 0 fully saturated rings. The Kier molecular flexibility index (Phi) is 6.90. The first-order valence-corrected chi connectivity index (χ1v) is 4.25. The SMILES string of the molecule is C=C(C)O[B]O.CC(C)(O)C(C)(C)O. The summed E-state index contributed by atoms with van der Waals surface area (Å²) < 4.78 is 4.28. The normalized spacial score (nSPS) is 11.1. The summed E-state index contributed by atoms with van der Waals surface area (Å²) >= 11 is 0. The Morgan fingerprint density at radius 1 is 1.14 bits per heavy atom. The standard InChI is InChI=1S/C6H14O2.C3H6BO2/c1-5(2,7)6(3,4)8;1-3(2)6-4-5/h7-8H,1-4H3;5H,1H2,2H3. The second-order valence-electron chi connectivity index (χ2n) is 4.04. The number of allylic oxidation sites excluding steroid dienone is 1. The zero-order valence-corrected chi connectivity index (χ0v) is 9.53. The number of hydrogen-bond donors (Lipinski definition) is 3. The summed E-state index contributed by atoms with van der Waals surface area (Å²) in [4.78, 5) is 0. The van der Waals surface area contributed by atoms with E-state index < -0.39 is 11.2 Å². The van der Waals surface area contributed by atoms with E-state index in [0.717, 1.165) is 0 Å². The Labute approximate surface area is 86.5 Å². The fraction of sp³-hybridized carbons (Fsp3) is 0.778. The van der Waals surface area contributed by atoms with Gasteiger partial charge in [-0.05, 0) is 34.6 Å². The van der Waals surface area contributed by atoms with Crippen molar-refractivity contribution >= 4 is 7.69 Å². The van der Waals surface area contributed by atoms with Crippen molar-refractivity contribution in [3.63, 3.8) is 0 Å². The fourth-order valence-electron chi connectivity index (χ4n) is 0.0900. The average Bonchev–Trinajstić information content (AvgIpc) is 1.82. The van der Waals surface area contributed by atoms with Crippen LogP contribution >= 0.6 is 0 Å². The average molecular weight is 203 g/mol. The highest BCUT2D eigenvalue weighted by Gasteiger charge is 2.31. The van der Waals surface area contributed by atoms with Crippen molar-refractivity contribution in [2.45, 2.75) is 45.8 Å². The zero-order valence-electron chi connectivity index (χ0n) is 9.53. The maximum Gasteiger partial charge on any atom is 0.569 e.